The topological polar surface area (TPSA) is 74.6 Å². The zero-order valence-electron chi connectivity index (χ0n) is 14.2. The quantitative estimate of drug-likeness (QED) is 0.847. The van der Waals surface area contributed by atoms with Crippen LogP contribution >= 0.6 is 0 Å². The summed E-state index contributed by atoms with van der Waals surface area (Å²) in [6.45, 7) is 2.48. The number of nitrogens with zero attached hydrogens (tertiary/aromatic N) is 1. The molecule has 2 heterocycles. The van der Waals surface area contributed by atoms with E-state index in [-0.39, 0.29) is 24.8 Å². The van der Waals surface area contributed by atoms with Gasteiger partial charge in [0.25, 0.3) is 5.91 Å². The molecule has 0 saturated carbocycles. The van der Waals surface area contributed by atoms with Gasteiger partial charge in [0, 0.05) is 37.4 Å². The summed E-state index contributed by atoms with van der Waals surface area (Å²) in [5.41, 5.74) is 2.42. The highest BCUT2D eigenvalue weighted by Crippen LogP contribution is 2.21. The van der Waals surface area contributed by atoms with Crippen molar-refractivity contribution in [2.75, 3.05) is 29.9 Å². The summed E-state index contributed by atoms with van der Waals surface area (Å²) >= 11 is 0. The molecule has 0 radical (unpaired) electrons. The van der Waals surface area contributed by atoms with Crippen molar-refractivity contribution >= 4 is 23.2 Å². The number of amides is 2. The van der Waals surface area contributed by atoms with Gasteiger partial charge in [0.05, 0.1) is 11.8 Å². The molecule has 132 valence electrons. The van der Waals surface area contributed by atoms with Crippen LogP contribution in [0, 0.1) is 0 Å². The van der Waals surface area contributed by atoms with Gasteiger partial charge in [-0.05, 0) is 49.6 Å². The van der Waals surface area contributed by atoms with Crippen molar-refractivity contribution in [3.8, 4) is 0 Å². The van der Waals surface area contributed by atoms with Crippen LogP contribution in [-0.2, 0) is 4.79 Å². The van der Waals surface area contributed by atoms with Crippen molar-refractivity contribution < 1.29 is 14.0 Å². The Morgan fingerprint density at radius 2 is 1.80 bits per heavy atom. The number of nitrogens with one attached hydrogen (secondary N) is 2. The molecule has 6 nitrogen and oxygen atoms in total. The van der Waals surface area contributed by atoms with E-state index >= 15 is 0 Å². The molecule has 0 unspecified atom stereocenters. The van der Waals surface area contributed by atoms with Gasteiger partial charge in [-0.15, -0.1) is 0 Å². The molecule has 1 fully saturated rings. The number of hydrogen-bond donors (Lipinski definition) is 2. The first-order chi connectivity index (χ1) is 12.2. The van der Waals surface area contributed by atoms with Crippen LogP contribution in [-0.4, -0.2) is 31.4 Å². The molecule has 1 aromatic carbocycles. The minimum Gasteiger partial charge on any atom is -0.472 e. The summed E-state index contributed by atoms with van der Waals surface area (Å²) in [4.78, 5) is 26.1. The van der Waals surface area contributed by atoms with Crippen LogP contribution in [0.4, 0.5) is 11.4 Å². The molecule has 0 aliphatic carbocycles. The van der Waals surface area contributed by atoms with Gasteiger partial charge < -0.3 is 20.0 Å². The predicted octanol–water partition coefficient (Wildman–Crippen LogP) is 3.03. The standard InChI is InChI=1S/C19H23N3O3/c23-18(8-10-20-19(24)15-9-13-25-14-15)21-16-4-6-17(7-5-16)22-11-2-1-3-12-22/h4-7,9,13-14H,1-3,8,10-12H2,(H,20,24)(H,21,23). The summed E-state index contributed by atoms with van der Waals surface area (Å²) in [5, 5.41) is 5.54. The van der Waals surface area contributed by atoms with E-state index in [1.807, 2.05) is 24.3 Å². The maximum Gasteiger partial charge on any atom is 0.254 e. The van der Waals surface area contributed by atoms with Gasteiger partial charge in [-0.3, -0.25) is 9.59 Å². The van der Waals surface area contributed by atoms with Crippen molar-refractivity contribution in [1.82, 2.24) is 5.32 Å². The summed E-state index contributed by atoms with van der Waals surface area (Å²) < 4.78 is 4.85. The lowest BCUT2D eigenvalue weighted by Gasteiger charge is -2.28. The van der Waals surface area contributed by atoms with E-state index in [0.29, 0.717) is 5.56 Å². The van der Waals surface area contributed by atoms with Crippen molar-refractivity contribution in [3.63, 3.8) is 0 Å². The molecule has 1 aliphatic rings. The van der Waals surface area contributed by atoms with Crippen molar-refractivity contribution in [1.29, 1.82) is 0 Å². The Labute approximate surface area is 147 Å². The average Bonchev–Trinajstić information content (AvgIpc) is 3.18. The molecule has 3 rings (SSSR count). The predicted molar refractivity (Wildman–Crippen MR) is 96.8 cm³/mol. The van der Waals surface area contributed by atoms with Gasteiger partial charge in [0.1, 0.15) is 6.26 Å². The second kappa shape index (κ2) is 8.37. The normalized spacial score (nSPS) is 14.2. The van der Waals surface area contributed by atoms with E-state index in [0.717, 1.165) is 18.8 Å². The number of rotatable bonds is 6. The van der Waals surface area contributed by atoms with Gasteiger partial charge in [-0.1, -0.05) is 0 Å². The minimum absolute atomic E-state index is 0.127. The number of furan rings is 1. The second-order valence-corrected chi connectivity index (χ2v) is 6.16. The van der Waals surface area contributed by atoms with Crippen molar-refractivity contribution in [2.45, 2.75) is 25.7 Å². The fourth-order valence-corrected chi connectivity index (χ4v) is 2.92. The lowest BCUT2D eigenvalue weighted by atomic mass is 10.1. The molecule has 6 heteroatoms. The summed E-state index contributed by atoms with van der Waals surface area (Å²) in [6.07, 6.45) is 6.82. The van der Waals surface area contributed by atoms with Gasteiger partial charge in [0.2, 0.25) is 5.91 Å². The lowest BCUT2D eigenvalue weighted by Crippen LogP contribution is -2.29. The van der Waals surface area contributed by atoms with Crippen LogP contribution in [0.5, 0.6) is 0 Å². The zero-order chi connectivity index (χ0) is 17.5. The SMILES string of the molecule is O=C(CCNC(=O)c1ccoc1)Nc1ccc(N2CCCCC2)cc1. The fourth-order valence-electron chi connectivity index (χ4n) is 2.92. The van der Waals surface area contributed by atoms with Crippen LogP contribution in [0.2, 0.25) is 0 Å². The molecular weight excluding hydrogens is 318 g/mol. The summed E-state index contributed by atoms with van der Waals surface area (Å²) in [5.74, 6) is -0.370. The lowest BCUT2D eigenvalue weighted by molar-refractivity contribution is -0.116. The molecule has 1 aliphatic heterocycles. The van der Waals surface area contributed by atoms with Gasteiger partial charge in [0.15, 0.2) is 0 Å². The number of carbonyl (C=O) groups is 2. The maximum absolute atomic E-state index is 12.0. The first-order valence-electron chi connectivity index (χ1n) is 8.67. The second-order valence-electron chi connectivity index (χ2n) is 6.16. The molecule has 1 aromatic heterocycles. The van der Waals surface area contributed by atoms with E-state index in [9.17, 15) is 9.59 Å². The molecule has 2 amide bonds. The highest BCUT2D eigenvalue weighted by atomic mass is 16.3. The van der Waals surface area contributed by atoms with Crippen LogP contribution < -0.4 is 15.5 Å². The van der Waals surface area contributed by atoms with Crippen molar-refractivity contribution in [3.05, 3.63) is 48.4 Å². The van der Waals surface area contributed by atoms with E-state index in [1.165, 1.54) is 37.5 Å². The highest BCUT2D eigenvalue weighted by molar-refractivity contribution is 5.95. The first kappa shape index (κ1) is 17.1. The third kappa shape index (κ3) is 4.86. The maximum atomic E-state index is 12.0. The fraction of sp³-hybridized carbons (Fsp3) is 0.368. The zero-order valence-corrected chi connectivity index (χ0v) is 14.2. The molecule has 0 spiro atoms. The number of anilines is 2. The van der Waals surface area contributed by atoms with Gasteiger partial charge in [-0.2, -0.15) is 0 Å². The Bertz CT molecular complexity index is 689. The Morgan fingerprint density at radius 3 is 2.48 bits per heavy atom. The molecular formula is C19H23N3O3. The molecule has 0 bridgehead atoms. The Kier molecular flexibility index (Phi) is 5.72. The van der Waals surface area contributed by atoms with Crippen molar-refractivity contribution in [2.24, 2.45) is 0 Å². The third-order valence-electron chi connectivity index (χ3n) is 4.29. The molecule has 2 N–H and O–H groups in total. The Hall–Kier alpha value is -2.76. The number of hydrogen-bond acceptors (Lipinski definition) is 4. The third-order valence-corrected chi connectivity index (χ3v) is 4.29. The summed E-state index contributed by atoms with van der Waals surface area (Å²) in [6, 6.07) is 9.51. The van der Waals surface area contributed by atoms with E-state index in [2.05, 4.69) is 15.5 Å². The number of carbonyl (C=O) groups excluding carboxylic acids is 2. The smallest absolute Gasteiger partial charge is 0.254 e. The molecule has 25 heavy (non-hydrogen) atoms. The van der Waals surface area contributed by atoms with E-state index in [4.69, 9.17) is 4.42 Å². The van der Waals surface area contributed by atoms with E-state index < -0.39 is 0 Å². The van der Waals surface area contributed by atoms with Crippen LogP contribution in [0.15, 0.2) is 47.3 Å². The molecule has 2 aromatic rings. The van der Waals surface area contributed by atoms with Crippen LogP contribution in [0.3, 0.4) is 0 Å². The average molecular weight is 341 g/mol. The van der Waals surface area contributed by atoms with E-state index in [1.54, 1.807) is 6.07 Å². The minimum atomic E-state index is -0.243. The van der Waals surface area contributed by atoms with Crippen LogP contribution in [0.1, 0.15) is 36.0 Å². The Morgan fingerprint density at radius 1 is 1.04 bits per heavy atom. The van der Waals surface area contributed by atoms with Gasteiger partial charge >= 0.3 is 0 Å². The number of piperidine rings is 1. The number of benzene rings is 1. The first-order valence-corrected chi connectivity index (χ1v) is 8.67. The molecule has 0 atom stereocenters. The molecule has 1 saturated heterocycles. The highest BCUT2D eigenvalue weighted by Gasteiger charge is 2.11. The largest absolute Gasteiger partial charge is 0.472 e. The summed E-state index contributed by atoms with van der Waals surface area (Å²) in [7, 11) is 0. The van der Waals surface area contributed by atoms with Crippen LogP contribution in [0.25, 0.3) is 0 Å². The Balaban J connectivity index is 1.42. The monoisotopic (exact) mass is 341 g/mol. The van der Waals surface area contributed by atoms with Gasteiger partial charge in [-0.25, -0.2) is 0 Å².